The van der Waals surface area contributed by atoms with Gasteiger partial charge in [-0.3, -0.25) is 4.79 Å². The fraction of sp³-hybridized carbons (Fsp3) is 0.786. The third-order valence-electron chi connectivity index (χ3n) is 4.08. The van der Waals surface area contributed by atoms with Crippen LogP contribution in [0.25, 0.3) is 0 Å². The van der Waals surface area contributed by atoms with Crippen LogP contribution in [0.15, 0.2) is 6.33 Å². The van der Waals surface area contributed by atoms with Crippen molar-refractivity contribution in [2.24, 2.45) is 11.8 Å². The van der Waals surface area contributed by atoms with Gasteiger partial charge >= 0.3 is 0 Å². The van der Waals surface area contributed by atoms with E-state index in [1.807, 2.05) is 13.8 Å². The zero-order valence-electron chi connectivity index (χ0n) is 11.6. The Hall–Kier alpha value is -1.19. The maximum atomic E-state index is 12.5. The second kappa shape index (κ2) is 5.63. The Balaban J connectivity index is 2.06. The molecule has 0 bridgehead atoms. The number of carbonyl (C=O) groups excluding carboxylic acids is 1. The van der Waals surface area contributed by atoms with Gasteiger partial charge in [-0.2, -0.15) is 5.10 Å². The minimum Gasteiger partial charge on any atom is -0.290 e. The quantitative estimate of drug-likeness (QED) is 0.769. The number of hydrogen-bond acceptors (Lipinski definition) is 3. The monoisotopic (exact) mass is 249 g/mol. The Morgan fingerprint density at radius 3 is 2.61 bits per heavy atom. The standard InChI is InChI=1S/C14H23N3O/c1-4-11-5-7-12(8-6-11)13(18)14-15-9-16-17(14)10(2)3/h9-12H,4-8H2,1-3H3. The van der Waals surface area contributed by atoms with Crippen molar-refractivity contribution < 1.29 is 4.79 Å². The lowest BCUT2D eigenvalue weighted by Crippen LogP contribution is -2.25. The van der Waals surface area contributed by atoms with Crippen LogP contribution in [0.3, 0.4) is 0 Å². The van der Waals surface area contributed by atoms with Crippen molar-refractivity contribution in [1.82, 2.24) is 14.8 Å². The second-order valence-corrected chi connectivity index (χ2v) is 5.61. The molecule has 1 heterocycles. The molecule has 1 aromatic rings. The lowest BCUT2D eigenvalue weighted by atomic mass is 9.79. The van der Waals surface area contributed by atoms with E-state index in [0.717, 1.165) is 18.8 Å². The number of carbonyl (C=O) groups is 1. The van der Waals surface area contributed by atoms with E-state index in [2.05, 4.69) is 17.0 Å². The minimum atomic E-state index is 0.162. The summed E-state index contributed by atoms with van der Waals surface area (Å²) in [6.45, 7) is 6.29. The van der Waals surface area contributed by atoms with Crippen molar-refractivity contribution >= 4 is 5.78 Å². The van der Waals surface area contributed by atoms with E-state index >= 15 is 0 Å². The maximum Gasteiger partial charge on any atom is 0.202 e. The van der Waals surface area contributed by atoms with Gasteiger partial charge in [0.25, 0.3) is 0 Å². The van der Waals surface area contributed by atoms with E-state index in [1.54, 1.807) is 4.68 Å². The topological polar surface area (TPSA) is 47.8 Å². The molecule has 4 heteroatoms. The van der Waals surface area contributed by atoms with Crippen molar-refractivity contribution in [2.75, 3.05) is 0 Å². The molecule has 0 aliphatic heterocycles. The molecule has 4 nitrogen and oxygen atoms in total. The number of hydrogen-bond donors (Lipinski definition) is 0. The van der Waals surface area contributed by atoms with Crippen LogP contribution in [-0.4, -0.2) is 20.5 Å². The Kier molecular flexibility index (Phi) is 4.15. The highest BCUT2D eigenvalue weighted by atomic mass is 16.1. The van der Waals surface area contributed by atoms with Gasteiger partial charge in [-0.05, 0) is 45.4 Å². The fourth-order valence-electron chi connectivity index (χ4n) is 2.82. The summed E-state index contributed by atoms with van der Waals surface area (Å²) in [4.78, 5) is 16.6. The second-order valence-electron chi connectivity index (χ2n) is 5.61. The summed E-state index contributed by atoms with van der Waals surface area (Å²) in [7, 11) is 0. The summed E-state index contributed by atoms with van der Waals surface area (Å²) in [5, 5.41) is 4.15. The van der Waals surface area contributed by atoms with Crippen molar-refractivity contribution in [1.29, 1.82) is 0 Å². The van der Waals surface area contributed by atoms with Crippen molar-refractivity contribution in [3.8, 4) is 0 Å². The van der Waals surface area contributed by atoms with E-state index in [-0.39, 0.29) is 17.7 Å². The number of rotatable bonds is 4. The van der Waals surface area contributed by atoms with Gasteiger partial charge in [-0.1, -0.05) is 13.3 Å². The highest BCUT2D eigenvalue weighted by Gasteiger charge is 2.29. The predicted molar refractivity (Wildman–Crippen MR) is 70.5 cm³/mol. The first kappa shape index (κ1) is 13.2. The summed E-state index contributed by atoms with van der Waals surface area (Å²) < 4.78 is 1.74. The molecule has 1 aliphatic rings. The van der Waals surface area contributed by atoms with Crippen LogP contribution < -0.4 is 0 Å². The van der Waals surface area contributed by atoms with Gasteiger partial charge in [0.05, 0.1) is 0 Å². The molecule has 1 fully saturated rings. The molecule has 0 atom stereocenters. The first-order chi connectivity index (χ1) is 8.63. The predicted octanol–water partition coefficient (Wildman–Crippen LogP) is 3.26. The van der Waals surface area contributed by atoms with Crippen LogP contribution in [-0.2, 0) is 0 Å². The van der Waals surface area contributed by atoms with Gasteiger partial charge in [0.15, 0.2) is 5.82 Å². The van der Waals surface area contributed by atoms with Gasteiger partial charge in [0.2, 0.25) is 5.78 Å². The highest BCUT2D eigenvalue weighted by molar-refractivity contribution is 5.94. The van der Waals surface area contributed by atoms with E-state index in [9.17, 15) is 4.79 Å². The normalized spacial score (nSPS) is 24.4. The van der Waals surface area contributed by atoms with Crippen LogP contribution >= 0.6 is 0 Å². The number of nitrogens with zero attached hydrogens (tertiary/aromatic N) is 3. The molecule has 100 valence electrons. The Morgan fingerprint density at radius 2 is 2.06 bits per heavy atom. The highest BCUT2D eigenvalue weighted by Crippen LogP contribution is 2.32. The summed E-state index contributed by atoms with van der Waals surface area (Å²) in [5.41, 5.74) is 0. The zero-order chi connectivity index (χ0) is 13.1. The molecule has 1 saturated carbocycles. The summed E-state index contributed by atoms with van der Waals surface area (Å²) in [6.07, 6.45) is 7.13. The third-order valence-corrected chi connectivity index (χ3v) is 4.08. The van der Waals surface area contributed by atoms with Gasteiger partial charge in [-0.25, -0.2) is 9.67 Å². The minimum absolute atomic E-state index is 0.162. The first-order valence-corrected chi connectivity index (χ1v) is 7.07. The van der Waals surface area contributed by atoms with Crippen molar-refractivity contribution in [3.63, 3.8) is 0 Å². The summed E-state index contributed by atoms with van der Waals surface area (Å²) in [6, 6.07) is 0.193. The van der Waals surface area contributed by atoms with Crippen LogP contribution in [0, 0.1) is 11.8 Å². The number of ketones is 1. The molecule has 0 spiro atoms. The SMILES string of the molecule is CCC1CCC(C(=O)c2ncnn2C(C)C)CC1. The van der Waals surface area contributed by atoms with Crippen LogP contribution in [0.2, 0.25) is 0 Å². The average Bonchev–Trinajstić information content (AvgIpc) is 2.87. The Labute approximate surface area is 109 Å². The molecule has 0 radical (unpaired) electrons. The van der Waals surface area contributed by atoms with E-state index in [1.165, 1.54) is 25.6 Å². The smallest absolute Gasteiger partial charge is 0.202 e. The van der Waals surface area contributed by atoms with Gasteiger partial charge < -0.3 is 0 Å². The zero-order valence-corrected chi connectivity index (χ0v) is 11.6. The molecule has 0 N–H and O–H groups in total. The summed E-state index contributed by atoms with van der Waals surface area (Å²) >= 11 is 0. The lowest BCUT2D eigenvalue weighted by Gasteiger charge is -2.26. The van der Waals surface area contributed by atoms with Crippen LogP contribution in [0.1, 0.15) is 69.5 Å². The molecule has 18 heavy (non-hydrogen) atoms. The van der Waals surface area contributed by atoms with Crippen LogP contribution in [0.5, 0.6) is 0 Å². The molecular formula is C14H23N3O. The van der Waals surface area contributed by atoms with E-state index in [4.69, 9.17) is 0 Å². The largest absolute Gasteiger partial charge is 0.290 e. The van der Waals surface area contributed by atoms with Crippen molar-refractivity contribution in [3.05, 3.63) is 12.2 Å². The number of aromatic nitrogens is 3. The maximum absolute atomic E-state index is 12.5. The Bertz CT molecular complexity index is 403. The first-order valence-electron chi connectivity index (χ1n) is 7.07. The molecule has 0 saturated heterocycles. The molecule has 0 unspecified atom stereocenters. The molecule has 0 aromatic carbocycles. The van der Waals surface area contributed by atoms with E-state index < -0.39 is 0 Å². The fourth-order valence-corrected chi connectivity index (χ4v) is 2.82. The lowest BCUT2D eigenvalue weighted by molar-refractivity contribution is 0.0852. The molecular weight excluding hydrogens is 226 g/mol. The van der Waals surface area contributed by atoms with Gasteiger partial charge in [0, 0.05) is 12.0 Å². The molecule has 1 aromatic heterocycles. The van der Waals surface area contributed by atoms with E-state index in [0.29, 0.717) is 5.82 Å². The molecule has 1 aliphatic carbocycles. The summed E-state index contributed by atoms with van der Waals surface area (Å²) in [5.74, 6) is 1.72. The van der Waals surface area contributed by atoms with Crippen LogP contribution in [0.4, 0.5) is 0 Å². The molecule has 2 rings (SSSR count). The van der Waals surface area contributed by atoms with Gasteiger partial charge in [0.1, 0.15) is 6.33 Å². The number of Topliss-reactive ketones (excluding diaryl/α,β-unsaturated/α-hetero) is 1. The van der Waals surface area contributed by atoms with Gasteiger partial charge in [-0.15, -0.1) is 0 Å². The Morgan fingerprint density at radius 1 is 1.39 bits per heavy atom. The third kappa shape index (κ3) is 2.62. The average molecular weight is 249 g/mol. The molecule has 0 amide bonds. The van der Waals surface area contributed by atoms with Crippen molar-refractivity contribution in [2.45, 2.75) is 58.9 Å².